The Balaban J connectivity index is 1.74. The van der Waals surface area contributed by atoms with Gasteiger partial charge in [0.25, 0.3) is 0 Å². The molecule has 3 nitrogen and oxygen atoms in total. The summed E-state index contributed by atoms with van der Waals surface area (Å²) in [5, 5.41) is -0.294. The minimum Gasteiger partial charge on any atom is -0.494 e. The van der Waals surface area contributed by atoms with Gasteiger partial charge in [-0.15, -0.1) is 11.8 Å². The van der Waals surface area contributed by atoms with Crippen molar-refractivity contribution in [3.63, 3.8) is 0 Å². The van der Waals surface area contributed by atoms with Crippen LogP contribution in [0.15, 0.2) is 52.4 Å². The van der Waals surface area contributed by atoms with E-state index in [1.54, 1.807) is 18.2 Å². The lowest BCUT2D eigenvalue weighted by atomic mass is 10.1. The Kier molecular flexibility index (Phi) is 5.00. The van der Waals surface area contributed by atoms with E-state index in [2.05, 4.69) is 4.99 Å². The van der Waals surface area contributed by atoms with Crippen LogP contribution in [-0.4, -0.2) is 23.4 Å². The van der Waals surface area contributed by atoms with E-state index in [0.29, 0.717) is 24.5 Å². The molecule has 0 saturated heterocycles. The summed E-state index contributed by atoms with van der Waals surface area (Å²) in [6, 6.07) is 11.9. The van der Waals surface area contributed by atoms with Gasteiger partial charge < -0.3 is 4.74 Å². The Morgan fingerprint density at radius 3 is 2.71 bits per heavy atom. The number of carbonyl (C=O) groups excluding carboxylic acids is 1. The summed E-state index contributed by atoms with van der Waals surface area (Å²) in [5.41, 5.74) is 2.40. The van der Waals surface area contributed by atoms with Crippen molar-refractivity contribution in [1.29, 1.82) is 0 Å². The van der Waals surface area contributed by atoms with Gasteiger partial charge >= 0.3 is 0 Å². The maximum Gasteiger partial charge on any atom is 0.183 e. The van der Waals surface area contributed by atoms with Crippen molar-refractivity contribution in [2.45, 2.75) is 30.5 Å². The molecule has 0 unspecified atom stereocenters. The fourth-order valence-electron chi connectivity index (χ4n) is 2.55. The highest BCUT2D eigenvalue weighted by Crippen LogP contribution is 2.39. The fourth-order valence-corrected chi connectivity index (χ4v) is 3.71. The molecular weight excluding hydrogens is 325 g/mol. The van der Waals surface area contributed by atoms with Gasteiger partial charge in [0.2, 0.25) is 0 Å². The molecule has 0 N–H and O–H groups in total. The normalized spacial score (nSPS) is 17.0. The van der Waals surface area contributed by atoms with Crippen molar-refractivity contribution in [3.05, 3.63) is 59.4 Å². The zero-order valence-corrected chi connectivity index (χ0v) is 14.4. The minimum atomic E-state index is -0.294. The zero-order valence-electron chi connectivity index (χ0n) is 13.6. The maximum atomic E-state index is 12.9. The average Bonchev–Trinajstić information content (AvgIpc) is 2.91. The number of Topliss-reactive ketones (excluding diaryl/α,β-unsaturated/α-hetero) is 1. The summed E-state index contributed by atoms with van der Waals surface area (Å²) in [6.07, 6.45) is 0. The van der Waals surface area contributed by atoms with Crippen LogP contribution in [-0.2, 0) is 6.54 Å². The van der Waals surface area contributed by atoms with Crippen LogP contribution in [0.5, 0.6) is 5.75 Å². The summed E-state index contributed by atoms with van der Waals surface area (Å²) in [6.45, 7) is 4.80. The zero-order chi connectivity index (χ0) is 17.1. The van der Waals surface area contributed by atoms with Crippen LogP contribution in [0.4, 0.5) is 4.39 Å². The van der Waals surface area contributed by atoms with Crippen LogP contribution in [0.25, 0.3) is 0 Å². The highest BCUT2D eigenvalue weighted by Gasteiger charge is 2.33. The lowest BCUT2D eigenvalue weighted by Gasteiger charge is -2.07. The van der Waals surface area contributed by atoms with E-state index in [1.165, 1.54) is 23.9 Å². The lowest BCUT2D eigenvalue weighted by molar-refractivity contribution is 0.101. The number of benzene rings is 2. The summed E-state index contributed by atoms with van der Waals surface area (Å²) in [4.78, 5) is 18.1. The predicted octanol–water partition coefficient (Wildman–Crippen LogP) is 4.54. The van der Waals surface area contributed by atoms with Crippen LogP contribution < -0.4 is 4.74 Å². The molecule has 0 amide bonds. The van der Waals surface area contributed by atoms with Crippen LogP contribution in [0.1, 0.15) is 29.8 Å². The standard InChI is InChI=1S/C19H18FNO2S/c1-3-23-15-8-9-17-16(10-15)18(22)19(24-17)12(2)21-11-13-4-6-14(20)7-5-13/h4-10,19H,3,11H2,1-2H3/t19-/m1/s1. The Labute approximate surface area is 144 Å². The number of halogens is 1. The second-order valence-corrected chi connectivity index (χ2v) is 6.68. The van der Waals surface area contributed by atoms with Crippen LogP contribution in [0.3, 0.4) is 0 Å². The third kappa shape index (κ3) is 3.51. The molecule has 24 heavy (non-hydrogen) atoms. The van der Waals surface area contributed by atoms with Gasteiger partial charge in [-0.05, 0) is 49.7 Å². The van der Waals surface area contributed by atoms with Gasteiger partial charge in [-0.1, -0.05) is 12.1 Å². The van der Waals surface area contributed by atoms with Crippen molar-refractivity contribution in [2.24, 2.45) is 4.99 Å². The number of nitrogens with zero attached hydrogens (tertiary/aromatic N) is 1. The number of rotatable bonds is 5. The largest absolute Gasteiger partial charge is 0.494 e. The lowest BCUT2D eigenvalue weighted by Crippen LogP contribution is -2.20. The second-order valence-electron chi connectivity index (χ2n) is 5.54. The van der Waals surface area contributed by atoms with Crippen molar-refractivity contribution in [3.8, 4) is 5.75 Å². The smallest absolute Gasteiger partial charge is 0.183 e. The molecule has 2 aromatic carbocycles. The first kappa shape index (κ1) is 16.7. The molecule has 0 fully saturated rings. The molecular formula is C19H18FNO2S. The predicted molar refractivity (Wildman–Crippen MR) is 94.8 cm³/mol. The molecule has 1 heterocycles. The van der Waals surface area contributed by atoms with Gasteiger partial charge in [0, 0.05) is 16.2 Å². The number of thioether (sulfide) groups is 1. The second kappa shape index (κ2) is 7.18. The van der Waals surface area contributed by atoms with Gasteiger partial charge in [-0.25, -0.2) is 4.39 Å². The number of fused-ring (bicyclic) bond motifs is 1. The molecule has 1 atom stereocenters. The summed E-state index contributed by atoms with van der Waals surface area (Å²) in [7, 11) is 0. The molecule has 0 aliphatic carbocycles. The molecule has 1 aliphatic heterocycles. The number of ether oxygens (including phenoxy) is 1. The van der Waals surface area contributed by atoms with E-state index in [9.17, 15) is 9.18 Å². The highest BCUT2D eigenvalue weighted by molar-refractivity contribution is 8.02. The monoisotopic (exact) mass is 343 g/mol. The van der Waals surface area contributed by atoms with Crippen molar-refractivity contribution in [2.75, 3.05) is 6.61 Å². The van der Waals surface area contributed by atoms with Crippen LogP contribution >= 0.6 is 11.8 Å². The first-order valence-corrected chi connectivity index (χ1v) is 8.69. The molecule has 0 radical (unpaired) electrons. The summed E-state index contributed by atoms with van der Waals surface area (Å²) < 4.78 is 18.4. The molecule has 0 spiro atoms. The number of hydrogen-bond acceptors (Lipinski definition) is 4. The maximum absolute atomic E-state index is 12.9. The van der Waals surface area contributed by atoms with E-state index in [-0.39, 0.29) is 16.9 Å². The summed E-state index contributed by atoms with van der Waals surface area (Å²) >= 11 is 1.52. The van der Waals surface area contributed by atoms with E-state index < -0.39 is 0 Å². The van der Waals surface area contributed by atoms with Crippen molar-refractivity contribution in [1.82, 2.24) is 0 Å². The molecule has 3 rings (SSSR count). The van der Waals surface area contributed by atoms with Gasteiger partial charge in [-0.2, -0.15) is 0 Å². The first-order valence-electron chi connectivity index (χ1n) is 7.81. The molecule has 5 heteroatoms. The Hall–Kier alpha value is -2.14. The fraction of sp³-hybridized carbons (Fsp3) is 0.263. The van der Waals surface area contributed by atoms with Gasteiger partial charge in [0.05, 0.1) is 13.2 Å². The van der Waals surface area contributed by atoms with E-state index in [1.807, 2.05) is 26.0 Å². The molecule has 0 saturated carbocycles. The quantitative estimate of drug-likeness (QED) is 0.748. The number of hydrogen-bond donors (Lipinski definition) is 0. The molecule has 2 aromatic rings. The Bertz CT molecular complexity index is 786. The van der Waals surface area contributed by atoms with Crippen LogP contribution in [0.2, 0.25) is 0 Å². The SMILES string of the molecule is CCOc1ccc2c(c1)C(=O)[C@@H](C(C)=NCc1ccc(F)cc1)S2. The van der Waals surface area contributed by atoms with Crippen molar-refractivity contribution >= 4 is 23.3 Å². The molecule has 0 bridgehead atoms. The molecule has 0 aromatic heterocycles. The third-order valence-corrected chi connectivity index (χ3v) is 5.21. The third-order valence-electron chi connectivity index (χ3n) is 3.81. The molecule has 1 aliphatic rings. The van der Waals surface area contributed by atoms with E-state index in [4.69, 9.17) is 4.74 Å². The Morgan fingerprint density at radius 1 is 1.25 bits per heavy atom. The average molecular weight is 343 g/mol. The van der Waals surface area contributed by atoms with Gasteiger partial charge in [-0.3, -0.25) is 9.79 Å². The van der Waals surface area contributed by atoms with Gasteiger partial charge in [0.1, 0.15) is 16.8 Å². The van der Waals surface area contributed by atoms with Crippen molar-refractivity contribution < 1.29 is 13.9 Å². The number of aliphatic imine (C=N–C) groups is 1. The topological polar surface area (TPSA) is 38.7 Å². The van der Waals surface area contributed by atoms with Crippen LogP contribution in [0, 0.1) is 5.82 Å². The minimum absolute atomic E-state index is 0.0666. The number of carbonyl (C=O) groups is 1. The first-order chi connectivity index (χ1) is 11.6. The molecule has 124 valence electrons. The van der Waals surface area contributed by atoms with Gasteiger partial charge in [0.15, 0.2) is 5.78 Å². The number of ketones is 1. The van der Waals surface area contributed by atoms with E-state index in [0.717, 1.165) is 16.2 Å². The Morgan fingerprint density at radius 2 is 2.00 bits per heavy atom. The highest BCUT2D eigenvalue weighted by atomic mass is 32.2. The van der Waals surface area contributed by atoms with E-state index >= 15 is 0 Å². The summed E-state index contributed by atoms with van der Waals surface area (Å²) in [5.74, 6) is 0.519.